The quantitative estimate of drug-likeness (QED) is 0.480. The van der Waals surface area contributed by atoms with E-state index in [1.165, 1.54) is 32.4 Å². The first-order valence-electron chi connectivity index (χ1n) is 11.4. The van der Waals surface area contributed by atoms with Crippen LogP contribution in [0.1, 0.15) is 32.6 Å². The molecular weight excluding hydrogens is 464 g/mol. The Bertz CT molecular complexity index is 971. The van der Waals surface area contributed by atoms with Crippen LogP contribution in [0.2, 0.25) is 0 Å². The SMILES string of the molecule is CCOC(=O)N1CCC(NC(=O)C2(NS(=O)(=O)c3ccc(OC)c(OC)c3)CCNCC2)CC1. The fraction of sp³-hybridized carbons (Fsp3) is 0.636. The van der Waals surface area contributed by atoms with Gasteiger partial charge in [-0.25, -0.2) is 13.2 Å². The van der Waals surface area contributed by atoms with E-state index >= 15 is 0 Å². The number of carbonyl (C=O) groups is 2. The predicted octanol–water partition coefficient (Wildman–Crippen LogP) is 0.841. The number of likely N-dealkylation sites (tertiary alicyclic amines) is 1. The van der Waals surface area contributed by atoms with Crippen molar-refractivity contribution in [3.05, 3.63) is 18.2 Å². The van der Waals surface area contributed by atoms with Crippen molar-refractivity contribution >= 4 is 22.0 Å². The van der Waals surface area contributed by atoms with Crippen molar-refractivity contribution in [2.75, 3.05) is 47.0 Å². The third kappa shape index (κ3) is 5.91. The minimum Gasteiger partial charge on any atom is -0.493 e. The average Bonchev–Trinajstić information content (AvgIpc) is 2.84. The summed E-state index contributed by atoms with van der Waals surface area (Å²) in [5.41, 5.74) is -1.28. The standard InChI is InChI=1S/C22H34N4O7S/c1-4-33-21(28)26-13-7-16(8-14-26)24-20(27)22(9-11-23-12-10-22)25-34(29,30)17-5-6-18(31-2)19(15-17)32-3/h5-6,15-16,23,25H,4,7-14H2,1-3H3,(H,24,27). The second-order valence-corrected chi connectivity index (χ2v) is 10.1. The van der Waals surface area contributed by atoms with E-state index in [1.807, 2.05) is 0 Å². The van der Waals surface area contributed by atoms with E-state index in [0.29, 0.717) is 64.2 Å². The summed E-state index contributed by atoms with van der Waals surface area (Å²) in [6, 6.07) is 4.15. The van der Waals surface area contributed by atoms with Crippen LogP contribution in [-0.2, 0) is 19.6 Å². The van der Waals surface area contributed by atoms with Gasteiger partial charge in [-0.15, -0.1) is 0 Å². The van der Waals surface area contributed by atoms with Crippen LogP contribution in [0, 0.1) is 0 Å². The second kappa shape index (κ2) is 11.2. The Morgan fingerprint density at radius 3 is 2.35 bits per heavy atom. The van der Waals surface area contributed by atoms with E-state index in [0.717, 1.165) is 0 Å². The van der Waals surface area contributed by atoms with Gasteiger partial charge < -0.3 is 29.7 Å². The molecule has 0 spiro atoms. The van der Waals surface area contributed by atoms with Crippen LogP contribution in [0.5, 0.6) is 11.5 Å². The molecule has 0 atom stereocenters. The molecule has 0 bridgehead atoms. The molecule has 3 N–H and O–H groups in total. The lowest BCUT2D eigenvalue weighted by atomic mass is 9.88. The summed E-state index contributed by atoms with van der Waals surface area (Å²) in [5.74, 6) is 0.333. The summed E-state index contributed by atoms with van der Waals surface area (Å²) in [6.45, 7) is 4.01. The fourth-order valence-electron chi connectivity index (χ4n) is 4.27. The molecule has 0 saturated carbocycles. The number of carbonyl (C=O) groups excluding carboxylic acids is 2. The minimum absolute atomic E-state index is 0.0152. The summed E-state index contributed by atoms with van der Waals surface area (Å²) in [6.07, 6.45) is 1.41. The number of hydrogen-bond acceptors (Lipinski definition) is 8. The van der Waals surface area contributed by atoms with Gasteiger partial charge in [0.25, 0.3) is 0 Å². The summed E-state index contributed by atoms with van der Waals surface area (Å²) < 4.78 is 44.7. The van der Waals surface area contributed by atoms with Crippen molar-refractivity contribution in [2.45, 2.75) is 49.1 Å². The van der Waals surface area contributed by atoms with Crippen molar-refractivity contribution in [1.29, 1.82) is 0 Å². The molecule has 0 aromatic heterocycles. The largest absolute Gasteiger partial charge is 0.493 e. The zero-order valence-corrected chi connectivity index (χ0v) is 20.7. The summed E-state index contributed by atoms with van der Waals surface area (Å²) >= 11 is 0. The Hall–Kier alpha value is -2.57. The molecule has 2 saturated heterocycles. The van der Waals surface area contributed by atoms with E-state index in [2.05, 4.69) is 15.4 Å². The van der Waals surface area contributed by atoms with Crippen molar-refractivity contribution in [3.8, 4) is 11.5 Å². The molecule has 12 heteroatoms. The smallest absolute Gasteiger partial charge is 0.409 e. The number of amides is 2. The average molecular weight is 499 g/mol. The minimum atomic E-state index is -4.03. The highest BCUT2D eigenvalue weighted by Gasteiger charge is 2.44. The highest BCUT2D eigenvalue weighted by Crippen LogP contribution is 2.31. The monoisotopic (exact) mass is 498 g/mol. The van der Waals surface area contributed by atoms with Crippen LogP contribution in [0.3, 0.4) is 0 Å². The first kappa shape index (κ1) is 26.0. The summed E-state index contributed by atoms with van der Waals surface area (Å²) in [4.78, 5) is 26.9. The van der Waals surface area contributed by atoms with Crippen LogP contribution < -0.4 is 24.8 Å². The maximum absolute atomic E-state index is 13.4. The zero-order valence-electron chi connectivity index (χ0n) is 19.9. The molecule has 34 heavy (non-hydrogen) atoms. The summed E-state index contributed by atoms with van der Waals surface area (Å²) in [5, 5.41) is 6.20. The first-order valence-corrected chi connectivity index (χ1v) is 12.9. The van der Waals surface area contributed by atoms with Gasteiger partial charge in [-0.05, 0) is 57.8 Å². The van der Waals surface area contributed by atoms with Gasteiger partial charge in [0.1, 0.15) is 5.54 Å². The molecule has 0 unspecified atom stereocenters. The number of nitrogens with one attached hydrogen (secondary N) is 3. The first-order chi connectivity index (χ1) is 16.2. The second-order valence-electron chi connectivity index (χ2n) is 8.39. The molecule has 3 rings (SSSR count). The van der Waals surface area contributed by atoms with Gasteiger partial charge in [-0.1, -0.05) is 0 Å². The molecule has 1 aromatic carbocycles. The van der Waals surface area contributed by atoms with Crippen LogP contribution in [0.25, 0.3) is 0 Å². The maximum Gasteiger partial charge on any atom is 0.409 e. The Morgan fingerprint density at radius 1 is 1.12 bits per heavy atom. The molecule has 11 nitrogen and oxygen atoms in total. The lowest BCUT2D eigenvalue weighted by Gasteiger charge is -2.39. The van der Waals surface area contributed by atoms with Gasteiger partial charge in [0.05, 0.1) is 25.7 Å². The lowest BCUT2D eigenvalue weighted by molar-refractivity contribution is -0.129. The summed E-state index contributed by atoms with van der Waals surface area (Å²) in [7, 11) is -1.14. The van der Waals surface area contributed by atoms with Crippen molar-refractivity contribution in [1.82, 2.24) is 20.3 Å². The molecular formula is C22H34N4O7S. The third-order valence-electron chi connectivity index (χ3n) is 6.24. The number of nitrogens with zero attached hydrogens (tertiary/aromatic N) is 1. The molecule has 190 valence electrons. The maximum atomic E-state index is 13.4. The number of methoxy groups -OCH3 is 2. The Kier molecular flexibility index (Phi) is 8.61. The van der Waals surface area contributed by atoms with E-state index in [-0.39, 0.29) is 28.7 Å². The third-order valence-corrected chi connectivity index (χ3v) is 7.78. The van der Waals surface area contributed by atoms with Crippen LogP contribution in [0.15, 0.2) is 23.1 Å². The van der Waals surface area contributed by atoms with Crippen LogP contribution >= 0.6 is 0 Å². The highest BCUT2D eigenvalue weighted by atomic mass is 32.2. The van der Waals surface area contributed by atoms with Crippen LogP contribution in [-0.4, -0.2) is 83.9 Å². The number of benzene rings is 1. The fourth-order valence-corrected chi connectivity index (χ4v) is 5.71. The molecule has 2 aliphatic heterocycles. The Balaban J connectivity index is 1.73. The van der Waals surface area contributed by atoms with Crippen molar-refractivity contribution < 1.29 is 32.2 Å². The number of ether oxygens (including phenoxy) is 3. The molecule has 0 radical (unpaired) electrons. The van der Waals surface area contributed by atoms with Gasteiger partial charge in [-0.2, -0.15) is 4.72 Å². The van der Waals surface area contributed by atoms with Gasteiger partial charge in [-0.3, -0.25) is 4.79 Å². The Labute approximate surface area is 200 Å². The van der Waals surface area contributed by atoms with E-state index < -0.39 is 15.6 Å². The molecule has 2 amide bonds. The highest BCUT2D eigenvalue weighted by molar-refractivity contribution is 7.89. The molecule has 2 heterocycles. The van der Waals surface area contributed by atoms with Crippen molar-refractivity contribution in [3.63, 3.8) is 0 Å². The normalized spacial score (nSPS) is 18.7. The van der Waals surface area contributed by atoms with Crippen LogP contribution in [0.4, 0.5) is 4.79 Å². The molecule has 1 aromatic rings. The number of piperidine rings is 2. The zero-order chi connectivity index (χ0) is 24.8. The molecule has 0 aliphatic carbocycles. The molecule has 2 aliphatic rings. The van der Waals surface area contributed by atoms with E-state index in [1.54, 1.807) is 11.8 Å². The van der Waals surface area contributed by atoms with Gasteiger partial charge in [0, 0.05) is 25.2 Å². The van der Waals surface area contributed by atoms with E-state index in [9.17, 15) is 18.0 Å². The van der Waals surface area contributed by atoms with Gasteiger partial charge in [0.2, 0.25) is 15.9 Å². The van der Waals surface area contributed by atoms with Gasteiger partial charge >= 0.3 is 6.09 Å². The Morgan fingerprint density at radius 2 is 1.76 bits per heavy atom. The molecule has 2 fully saturated rings. The number of rotatable bonds is 8. The topological polar surface area (TPSA) is 135 Å². The number of sulfonamides is 1. The number of hydrogen-bond donors (Lipinski definition) is 3. The predicted molar refractivity (Wildman–Crippen MR) is 124 cm³/mol. The van der Waals surface area contributed by atoms with Gasteiger partial charge in [0.15, 0.2) is 11.5 Å². The van der Waals surface area contributed by atoms with E-state index in [4.69, 9.17) is 14.2 Å². The van der Waals surface area contributed by atoms with Crippen molar-refractivity contribution in [2.24, 2.45) is 0 Å². The lowest BCUT2D eigenvalue weighted by Crippen LogP contribution is -2.64.